The van der Waals surface area contributed by atoms with Crippen LogP contribution < -0.4 is 20.1 Å². The highest BCUT2D eigenvalue weighted by molar-refractivity contribution is 5.79. The molecule has 0 radical (unpaired) electrons. The zero-order valence-electron chi connectivity index (χ0n) is 13.2. The van der Waals surface area contributed by atoms with Gasteiger partial charge in [0.2, 0.25) is 0 Å². The minimum Gasteiger partial charge on any atom is -0.486 e. The number of aliphatic imine (C=N–C) groups is 1. The molecule has 1 heterocycles. The van der Waals surface area contributed by atoms with Crippen LogP contribution in [0.25, 0.3) is 0 Å². The van der Waals surface area contributed by atoms with Gasteiger partial charge in [0.1, 0.15) is 12.7 Å². The van der Waals surface area contributed by atoms with E-state index in [4.69, 9.17) is 9.47 Å². The van der Waals surface area contributed by atoms with E-state index in [2.05, 4.69) is 15.6 Å². The minimum atomic E-state index is -0.0000796. The monoisotopic (exact) mass is 303 g/mol. The summed E-state index contributed by atoms with van der Waals surface area (Å²) < 4.78 is 11.6. The summed E-state index contributed by atoms with van der Waals surface area (Å²) in [5, 5.41) is 6.66. The molecule has 2 aliphatic rings. The Morgan fingerprint density at radius 1 is 1.23 bits per heavy atom. The van der Waals surface area contributed by atoms with Crippen molar-refractivity contribution in [2.24, 2.45) is 10.9 Å². The van der Waals surface area contributed by atoms with Crippen molar-refractivity contribution in [3.05, 3.63) is 24.3 Å². The van der Waals surface area contributed by atoms with Crippen LogP contribution in [0.4, 0.5) is 0 Å². The highest BCUT2D eigenvalue weighted by Crippen LogP contribution is 2.33. The Balaban J connectivity index is 1.37. The van der Waals surface area contributed by atoms with Gasteiger partial charge in [0.05, 0.1) is 6.54 Å². The van der Waals surface area contributed by atoms with Crippen LogP contribution in [-0.2, 0) is 0 Å². The van der Waals surface area contributed by atoms with Crippen molar-refractivity contribution in [2.75, 3.05) is 26.7 Å². The Bertz CT molecular complexity index is 514. The summed E-state index contributed by atoms with van der Waals surface area (Å²) >= 11 is 0. The van der Waals surface area contributed by atoms with E-state index in [0.717, 1.165) is 29.9 Å². The summed E-state index contributed by atoms with van der Waals surface area (Å²) in [6.07, 6.45) is 5.39. The first-order chi connectivity index (χ1) is 10.8. The van der Waals surface area contributed by atoms with E-state index >= 15 is 0 Å². The number of rotatable bonds is 6. The van der Waals surface area contributed by atoms with Crippen LogP contribution in [0.1, 0.15) is 25.7 Å². The van der Waals surface area contributed by atoms with Gasteiger partial charge in [0.25, 0.3) is 0 Å². The first-order valence-electron chi connectivity index (χ1n) is 8.18. The van der Waals surface area contributed by atoms with Crippen molar-refractivity contribution in [1.29, 1.82) is 0 Å². The fourth-order valence-electron chi connectivity index (χ4n) is 2.60. The molecular weight excluding hydrogens is 278 g/mol. The highest BCUT2D eigenvalue weighted by Gasteiger charge is 2.21. The maximum Gasteiger partial charge on any atom is 0.191 e. The molecule has 1 unspecified atom stereocenters. The molecule has 22 heavy (non-hydrogen) atoms. The highest BCUT2D eigenvalue weighted by atomic mass is 16.6. The fourth-order valence-corrected chi connectivity index (χ4v) is 2.60. The molecule has 1 saturated carbocycles. The Hall–Kier alpha value is -1.91. The molecule has 5 nitrogen and oxygen atoms in total. The molecule has 1 aromatic rings. The van der Waals surface area contributed by atoms with Gasteiger partial charge < -0.3 is 20.1 Å². The molecular formula is C17H25N3O2. The van der Waals surface area contributed by atoms with Crippen molar-refractivity contribution >= 4 is 5.96 Å². The van der Waals surface area contributed by atoms with E-state index in [1.807, 2.05) is 24.3 Å². The Morgan fingerprint density at radius 2 is 2.05 bits per heavy atom. The number of guanidine groups is 1. The predicted octanol–water partition coefficient (Wildman–Crippen LogP) is 2.18. The van der Waals surface area contributed by atoms with E-state index < -0.39 is 0 Å². The quantitative estimate of drug-likeness (QED) is 0.480. The third-order valence-corrected chi connectivity index (χ3v) is 4.07. The zero-order valence-corrected chi connectivity index (χ0v) is 13.2. The van der Waals surface area contributed by atoms with Crippen molar-refractivity contribution in [1.82, 2.24) is 10.6 Å². The maximum absolute atomic E-state index is 5.92. The third kappa shape index (κ3) is 4.29. The van der Waals surface area contributed by atoms with Gasteiger partial charge in [-0.05, 0) is 30.9 Å². The first-order valence-corrected chi connectivity index (χ1v) is 8.18. The molecule has 2 N–H and O–H groups in total. The SMILES string of the molecule is CN=C(NCCCC1CC1)NCC1COc2ccccc2O1. The number of nitrogens with zero attached hydrogens (tertiary/aromatic N) is 1. The Labute approximate surface area is 132 Å². The number of para-hydroxylation sites is 2. The molecule has 1 aliphatic carbocycles. The molecule has 5 heteroatoms. The van der Waals surface area contributed by atoms with Crippen molar-refractivity contribution in [2.45, 2.75) is 31.8 Å². The zero-order chi connectivity index (χ0) is 15.2. The number of fused-ring (bicyclic) bond motifs is 1. The van der Waals surface area contributed by atoms with Crippen LogP contribution >= 0.6 is 0 Å². The predicted molar refractivity (Wildman–Crippen MR) is 87.7 cm³/mol. The number of ether oxygens (including phenoxy) is 2. The molecule has 1 aliphatic heterocycles. The van der Waals surface area contributed by atoms with Crippen molar-refractivity contribution < 1.29 is 9.47 Å². The lowest BCUT2D eigenvalue weighted by atomic mass is 10.2. The van der Waals surface area contributed by atoms with Crippen LogP contribution in [0.3, 0.4) is 0 Å². The van der Waals surface area contributed by atoms with E-state index in [9.17, 15) is 0 Å². The fraction of sp³-hybridized carbons (Fsp3) is 0.588. The van der Waals surface area contributed by atoms with Gasteiger partial charge in [-0.3, -0.25) is 4.99 Å². The minimum absolute atomic E-state index is 0.0000796. The lowest BCUT2D eigenvalue weighted by molar-refractivity contribution is 0.0936. The smallest absolute Gasteiger partial charge is 0.191 e. The number of hydrogen-bond donors (Lipinski definition) is 2. The molecule has 0 saturated heterocycles. The summed E-state index contributed by atoms with van der Waals surface area (Å²) in [7, 11) is 1.80. The average molecular weight is 303 g/mol. The maximum atomic E-state index is 5.92. The first kappa shape index (κ1) is 15.0. The van der Waals surface area contributed by atoms with Gasteiger partial charge in [-0.2, -0.15) is 0 Å². The normalized spacial score (nSPS) is 20.6. The standard InChI is InChI=1S/C17H25N3O2/c1-18-17(19-10-4-5-13-8-9-13)20-11-14-12-21-15-6-2-3-7-16(15)22-14/h2-3,6-7,13-14H,4-5,8-12H2,1H3,(H2,18,19,20). The van der Waals surface area contributed by atoms with Crippen molar-refractivity contribution in [3.63, 3.8) is 0 Å². The Kier molecular flexibility index (Phi) is 5.03. The van der Waals surface area contributed by atoms with Crippen LogP contribution in [0, 0.1) is 5.92 Å². The lowest BCUT2D eigenvalue weighted by Crippen LogP contribution is -2.45. The van der Waals surface area contributed by atoms with E-state index in [-0.39, 0.29) is 6.10 Å². The average Bonchev–Trinajstić information content (AvgIpc) is 3.38. The number of benzene rings is 1. The molecule has 0 amide bonds. The van der Waals surface area contributed by atoms with Crippen LogP contribution in [0.15, 0.2) is 29.3 Å². The van der Waals surface area contributed by atoms with Gasteiger partial charge in [0.15, 0.2) is 17.5 Å². The second-order valence-electron chi connectivity index (χ2n) is 5.96. The van der Waals surface area contributed by atoms with Crippen LogP contribution in [-0.4, -0.2) is 38.8 Å². The summed E-state index contributed by atoms with van der Waals surface area (Å²) in [6.45, 7) is 2.21. The van der Waals surface area contributed by atoms with E-state index in [1.165, 1.54) is 25.7 Å². The number of hydrogen-bond acceptors (Lipinski definition) is 3. The molecule has 0 spiro atoms. The van der Waals surface area contributed by atoms with Gasteiger partial charge in [-0.25, -0.2) is 0 Å². The van der Waals surface area contributed by atoms with Gasteiger partial charge in [-0.1, -0.05) is 25.0 Å². The summed E-state index contributed by atoms with van der Waals surface area (Å²) in [6, 6.07) is 7.78. The van der Waals surface area contributed by atoms with Gasteiger partial charge in [0, 0.05) is 13.6 Å². The second-order valence-corrected chi connectivity index (χ2v) is 5.96. The lowest BCUT2D eigenvalue weighted by Gasteiger charge is -2.27. The molecule has 3 rings (SSSR count). The van der Waals surface area contributed by atoms with Crippen molar-refractivity contribution in [3.8, 4) is 11.5 Å². The molecule has 120 valence electrons. The molecule has 0 bridgehead atoms. The van der Waals surface area contributed by atoms with E-state index in [1.54, 1.807) is 7.05 Å². The topological polar surface area (TPSA) is 54.9 Å². The van der Waals surface area contributed by atoms with Crippen LogP contribution in [0.2, 0.25) is 0 Å². The largest absolute Gasteiger partial charge is 0.486 e. The van der Waals surface area contributed by atoms with Gasteiger partial charge >= 0.3 is 0 Å². The van der Waals surface area contributed by atoms with E-state index in [0.29, 0.717) is 13.2 Å². The second kappa shape index (κ2) is 7.38. The van der Waals surface area contributed by atoms with Gasteiger partial charge in [-0.15, -0.1) is 0 Å². The summed E-state index contributed by atoms with van der Waals surface area (Å²) in [5.41, 5.74) is 0. The number of nitrogens with one attached hydrogen (secondary N) is 2. The van der Waals surface area contributed by atoms with Crippen LogP contribution in [0.5, 0.6) is 11.5 Å². The molecule has 1 fully saturated rings. The molecule has 0 aromatic heterocycles. The Morgan fingerprint density at radius 3 is 2.82 bits per heavy atom. The summed E-state index contributed by atoms with van der Waals surface area (Å²) in [5.74, 6) is 3.46. The third-order valence-electron chi connectivity index (χ3n) is 4.07. The molecule has 1 aromatic carbocycles. The molecule has 1 atom stereocenters. The summed E-state index contributed by atoms with van der Waals surface area (Å²) in [4.78, 5) is 4.25.